The summed E-state index contributed by atoms with van der Waals surface area (Å²) in [5.41, 5.74) is -0.662. The first kappa shape index (κ1) is 13.5. The predicted octanol–water partition coefficient (Wildman–Crippen LogP) is 2.03. The summed E-state index contributed by atoms with van der Waals surface area (Å²) >= 11 is 0. The number of nitrogens with one attached hydrogen (secondary N) is 1. The molecular formula is C15H17NO3S. The molecule has 3 rings (SSSR count). The zero-order valence-electron chi connectivity index (χ0n) is 11.0. The second kappa shape index (κ2) is 4.84. The van der Waals surface area contributed by atoms with Gasteiger partial charge < -0.3 is 5.11 Å². The van der Waals surface area contributed by atoms with Crippen LogP contribution in [-0.4, -0.2) is 25.7 Å². The Morgan fingerprint density at radius 3 is 2.40 bits per heavy atom. The van der Waals surface area contributed by atoms with E-state index in [0.717, 1.165) is 17.2 Å². The molecule has 0 unspecified atom stereocenters. The zero-order chi connectivity index (χ0) is 14.2. The smallest absolute Gasteiger partial charge is 0.241 e. The Balaban J connectivity index is 1.96. The lowest BCUT2D eigenvalue weighted by molar-refractivity contribution is 0.110. The van der Waals surface area contributed by atoms with E-state index < -0.39 is 15.6 Å². The summed E-state index contributed by atoms with van der Waals surface area (Å²) in [6.45, 7) is -0.153. The standard InChI is InChI=1S/C15H17NO3S/c17-11-15(8-3-9-15)16-20(18,19)14-7-6-12-4-1-2-5-13(12)10-14/h1-2,4-7,10,16-17H,3,8-9,11H2. The van der Waals surface area contributed by atoms with E-state index in [9.17, 15) is 13.5 Å². The molecule has 0 aromatic heterocycles. The number of sulfonamides is 1. The van der Waals surface area contributed by atoms with Crippen molar-refractivity contribution in [1.82, 2.24) is 4.72 Å². The van der Waals surface area contributed by atoms with Gasteiger partial charge >= 0.3 is 0 Å². The quantitative estimate of drug-likeness (QED) is 0.906. The van der Waals surface area contributed by atoms with Crippen LogP contribution in [0.3, 0.4) is 0 Å². The fraction of sp³-hybridized carbons (Fsp3) is 0.333. The maximum Gasteiger partial charge on any atom is 0.241 e. The van der Waals surface area contributed by atoms with Crippen molar-refractivity contribution in [1.29, 1.82) is 0 Å². The number of fused-ring (bicyclic) bond motifs is 1. The highest BCUT2D eigenvalue weighted by molar-refractivity contribution is 7.89. The van der Waals surface area contributed by atoms with Crippen molar-refractivity contribution in [3.63, 3.8) is 0 Å². The summed E-state index contributed by atoms with van der Waals surface area (Å²) < 4.78 is 27.5. The van der Waals surface area contributed by atoms with E-state index >= 15 is 0 Å². The molecule has 1 fully saturated rings. The lowest BCUT2D eigenvalue weighted by atomic mass is 9.78. The topological polar surface area (TPSA) is 66.4 Å². The zero-order valence-corrected chi connectivity index (χ0v) is 11.9. The third-order valence-corrected chi connectivity index (χ3v) is 5.57. The van der Waals surface area contributed by atoms with Crippen LogP contribution in [0.1, 0.15) is 19.3 Å². The van der Waals surface area contributed by atoms with Gasteiger partial charge in [-0.3, -0.25) is 0 Å². The number of aliphatic hydroxyl groups excluding tert-OH is 1. The molecule has 0 saturated heterocycles. The van der Waals surface area contributed by atoms with Crippen molar-refractivity contribution in [2.24, 2.45) is 0 Å². The number of benzene rings is 2. The van der Waals surface area contributed by atoms with Crippen molar-refractivity contribution in [3.05, 3.63) is 42.5 Å². The molecule has 0 atom stereocenters. The third-order valence-electron chi connectivity index (χ3n) is 4.00. The number of hydrogen-bond acceptors (Lipinski definition) is 3. The molecule has 0 spiro atoms. The van der Waals surface area contributed by atoms with Gasteiger partial charge in [-0.25, -0.2) is 13.1 Å². The van der Waals surface area contributed by atoms with Gasteiger partial charge in [-0.05, 0) is 42.2 Å². The summed E-state index contributed by atoms with van der Waals surface area (Å²) in [4.78, 5) is 0.246. The van der Waals surface area contributed by atoms with Gasteiger partial charge in [-0.15, -0.1) is 0 Å². The Kier molecular flexibility index (Phi) is 3.28. The molecule has 4 nitrogen and oxygen atoms in total. The molecule has 20 heavy (non-hydrogen) atoms. The van der Waals surface area contributed by atoms with Crippen LogP contribution >= 0.6 is 0 Å². The molecule has 2 aromatic rings. The fourth-order valence-corrected chi connectivity index (χ4v) is 4.06. The molecule has 0 aliphatic heterocycles. The molecule has 106 valence electrons. The molecular weight excluding hydrogens is 274 g/mol. The van der Waals surface area contributed by atoms with E-state index in [4.69, 9.17) is 0 Å². The van der Waals surface area contributed by atoms with Crippen LogP contribution in [0, 0.1) is 0 Å². The Labute approximate surface area is 118 Å². The molecule has 0 bridgehead atoms. The van der Waals surface area contributed by atoms with Crippen LogP contribution in [0.15, 0.2) is 47.4 Å². The molecule has 1 aliphatic carbocycles. The van der Waals surface area contributed by atoms with E-state index in [2.05, 4.69) is 4.72 Å². The normalized spacial score (nSPS) is 17.9. The van der Waals surface area contributed by atoms with Crippen molar-refractivity contribution >= 4 is 20.8 Å². The predicted molar refractivity (Wildman–Crippen MR) is 77.9 cm³/mol. The number of aliphatic hydroxyl groups is 1. The van der Waals surface area contributed by atoms with Gasteiger partial charge in [0.25, 0.3) is 0 Å². The molecule has 2 N–H and O–H groups in total. The number of hydrogen-bond donors (Lipinski definition) is 2. The molecule has 5 heteroatoms. The summed E-state index contributed by atoms with van der Waals surface area (Å²) in [6, 6.07) is 12.7. The van der Waals surface area contributed by atoms with Crippen LogP contribution in [-0.2, 0) is 10.0 Å². The average molecular weight is 291 g/mol. The first-order chi connectivity index (χ1) is 9.55. The fourth-order valence-electron chi connectivity index (χ4n) is 2.57. The van der Waals surface area contributed by atoms with Crippen molar-refractivity contribution in [3.8, 4) is 0 Å². The minimum Gasteiger partial charge on any atom is -0.394 e. The van der Waals surface area contributed by atoms with Crippen LogP contribution in [0.2, 0.25) is 0 Å². The van der Waals surface area contributed by atoms with Crippen molar-refractivity contribution in [2.75, 3.05) is 6.61 Å². The lowest BCUT2D eigenvalue weighted by Gasteiger charge is -2.40. The van der Waals surface area contributed by atoms with Gasteiger partial charge in [0, 0.05) is 0 Å². The van der Waals surface area contributed by atoms with E-state index in [1.807, 2.05) is 24.3 Å². The first-order valence-electron chi connectivity index (χ1n) is 6.68. The highest BCUT2D eigenvalue weighted by Gasteiger charge is 2.40. The van der Waals surface area contributed by atoms with E-state index in [0.29, 0.717) is 12.8 Å². The van der Waals surface area contributed by atoms with Gasteiger partial charge in [0.05, 0.1) is 17.0 Å². The number of rotatable bonds is 4. The molecule has 1 saturated carbocycles. The van der Waals surface area contributed by atoms with E-state index in [1.165, 1.54) is 0 Å². The van der Waals surface area contributed by atoms with Crippen molar-refractivity contribution in [2.45, 2.75) is 29.7 Å². The van der Waals surface area contributed by atoms with E-state index in [1.54, 1.807) is 18.2 Å². The molecule has 0 heterocycles. The van der Waals surface area contributed by atoms with Gasteiger partial charge in [0.1, 0.15) is 0 Å². The first-order valence-corrected chi connectivity index (χ1v) is 8.17. The molecule has 2 aromatic carbocycles. The summed E-state index contributed by atoms with van der Waals surface area (Å²) in [6.07, 6.45) is 2.33. The van der Waals surface area contributed by atoms with Crippen LogP contribution < -0.4 is 4.72 Å². The summed E-state index contributed by atoms with van der Waals surface area (Å²) in [7, 11) is -3.59. The van der Waals surface area contributed by atoms with Gasteiger partial charge in [0.15, 0.2) is 0 Å². The van der Waals surface area contributed by atoms with Crippen molar-refractivity contribution < 1.29 is 13.5 Å². The maximum absolute atomic E-state index is 12.4. The minimum atomic E-state index is -3.59. The Morgan fingerprint density at radius 1 is 1.10 bits per heavy atom. The van der Waals surface area contributed by atoms with Crippen LogP contribution in [0.25, 0.3) is 10.8 Å². The molecule has 1 aliphatic rings. The second-order valence-corrected chi connectivity index (χ2v) is 7.09. The summed E-state index contributed by atoms with van der Waals surface area (Å²) in [5, 5.41) is 11.3. The van der Waals surface area contributed by atoms with Gasteiger partial charge in [-0.1, -0.05) is 30.3 Å². The SMILES string of the molecule is O=S(=O)(NC1(CO)CCC1)c1ccc2ccccc2c1. The molecule has 0 amide bonds. The Hall–Kier alpha value is -1.43. The molecule has 0 radical (unpaired) electrons. The maximum atomic E-state index is 12.4. The monoisotopic (exact) mass is 291 g/mol. The second-order valence-electron chi connectivity index (χ2n) is 5.41. The van der Waals surface area contributed by atoms with E-state index in [-0.39, 0.29) is 11.5 Å². The third kappa shape index (κ3) is 2.32. The summed E-state index contributed by atoms with van der Waals surface area (Å²) in [5.74, 6) is 0. The van der Waals surface area contributed by atoms with Crippen LogP contribution in [0.4, 0.5) is 0 Å². The Morgan fingerprint density at radius 2 is 1.80 bits per heavy atom. The minimum absolute atomic E-state index is 0.153. The van der Waals surface area contributed by atoms with Gasteiger partial charge in [0.2, 0.25) is 10.0 Å². The lowest BCUT2D eigenvalue weighted by Crippen LogP contribution is -2.55. The highest BCUT2D eigenvalue weighted by Crippen LogP contribution is 2.33. The highest BCUT2D eigenvalue weighted by atomic mass is 32.2. The Bertz CT molecular complexity index is 730. The van der Waals surface area contributed by atoms with Crippen LogP contribution in [0.5, 0.6) is 0 Å². The largest absolute Gasteiger partial charge is 0.394 e. The average Bonchev–Trinajstić information content (AvgIpc) is 2.42. The van der Waals surface area contributed by atoms with Gasteiger partial charge in [-0.2, -0.15) is 0 Å².